The quantitative estimate of drug-likeness (QED) is 0.363. The summed E-state index contributed by atoms with van der Waals surface area (Å²) >= 11 is 0. The normalized spacial score (nSPS) is 14.6. The molecule has 5 aromatic heterocycles. The molecule has 0 spiro atoms. The van der Waals surface area contributed by atoms with Crippen molar-refractivity contribution in [1.82, 2.24) is 35.5 Å². The molecule has 5 heterocycles. The van der Waals surface area contributed by atoms with Crippen LogP contribution >= 0.6 is 0 Å². The first-order chi connectivity index (χ1) is 15.8. The zero-order valence-electron chi connectivity index (χ0n) is 17.8. The molecule has 1 aliphatic carbocycles. The number of hydrogen-bond acceptors (Lipinski definition) is 5. The molecule has 1 aliphatic rings. The Hall–Kier alpha value is -3.58. The minimum absolute atomic E-state index is 0.829. The molecule has 0 bridgehead atoms. The van der Waals surface area contributed by atoms with Gasteiger partial charge in [-0.05, 0) is 55.1 Å². The fraction of sp³-hybridized carbons (Fsp3) is 0.280. The predicted molar refractivity (Wildman–Crippen MR) is 126 cm³/mol. The Bertz CT molecular complexity index is 1340. The molecule has 0 aliphatic heterocycles. The fourth-order valence-electron chi connectivity index (χ4n) is 4.74. The zero-order valence-corrected chi connectivity index (χ0v) is 17.8. The molecule has 7 heteroatoms. The highest BCUT2D eigenvalue weighted by Gasteiger charge is 2.15. The molecule has 0 amide bonds. The SMILES string of the molecule is c1cc2cc(-c3n[nH]c4cnc(-c5cncc(CNCC6CCCC6)c5)cc34)[nH]c2cn1. The second-order valence-corrected chi connectivity index (χ2v) is 8.70. The second kappa shape index (κ2) is 8.16. The smallest absolute Gasteiger partial charge is 0.116 e. The molecule has 5 aromatic rings. The van der Waals surface area contributed by atoms with E-state index in [4.69, 9.17) is 0 Å². The lowest BCUT2D eigenvalue weighted by Gasteiger charge is -2.11. The minimum atomic E-state index is 0.829. The van der Waals surface area contributed by atoms with E-state index < -0.39 is 0 Å². The number of nitrogens with zero attached hydrogens (tertiary/aromatic N) is 4. The Morgan fingerprint density at radius 3 is 2.81 bits per heavy atom. The molecule has 1 saturated carbocycles. The van der Waals surface area contributed by atoms with E-state index in [-0.39, 0.29) is 0 Å². The lowest BCUT2D eigenvalue weighted by atomic mass is 10.1. The molecule has 0 unspecified atom stereocenters. The summed E-state index contributed by atoms with van der Waals surface area (Å²) in [4.78, 5) is 16.7. The molecular weight excluding hydrogens is 398 g/mol. The third kappa shape index (κ3) is 3.65. The summed E-state index contributed by atoms with van der Waals surface area (Å²) in [7, 11) is 0. The van der Waals surface area contributed by atoms with Crippen molar-refractivity contribution in [1.29, 1.82) is 0 Å². The maximum absolute atomic E-state index is 4.66. The molecule has 0 saturated heterocycles. The zero-order chi connectivity index (χ0) is 21.3. The van der Waals surface area contributed by atoms with Gasteiger partial charge < -0.3 is 10.3 Å². The van der Waals surface area contributed by atoms with Gasteiger partial charge in [0.25, 0.3) is 0 Å². The summed E-state index contributed by atoms with van der Waals surface area (Å²) in [6, 6.07) is 8.36. The van der Waals surface area contributed by atoms with Gasteiger partial charge in [0.1, 0.15) is 5.69 Å². The Labute approximate surface area is 185 Å². The number of aromatic nitrogens is 6. The Morgan fingerprint density at radius 2 is 1.91 bits per heavy atom. The number of fused-ring (bicyclic) bond motifs is 2. The van der Waals surface area contributed by atoms with Crippen molar-refractivity contribution in [2.24, 2.45) is 5.92 Å². The number of hydrogen-bond donors (Lipinski definition) is 3. The standard InChI is InChI=1S/C25H25N7/c1-2-4-16(3-1)10-27-11-17-7-19(13-28-12-17)21-9-20-24(15-29-21)31-32-25(20)22-8-18-5-6-26-14-23(18)30-22/h5-9,12-16,27,30H,1-4,10-11H2,(H,31,32). The molecule has 7 nitrogen and oxygen atoms in total. The third-order valence-corrected chi connectivity index (χ3v) is 6.45. The van der Waals surface area contributed by atoms with Crippen LogP contribution in [-0.2, 0) is 6.54 Å². The van der Waals surface area contributed by atoms with Crippen LogP contribution in [0.4, 0.5) is 0 Å². The molecule has 1 fully saturated rings. The van der Waals surface area contributed by atoms with Crippen LogP contribution in [0.3, 0.4) is 0 Å². The molecule has 160 valence electrons. The van der Waals surface area contributed by atoms with Gasteiger partial charge in [-0.25, -0.2) is 0 Å². The van der Waals surface area contributed by atoms with Crippen LogP contribution in [-0.4, -0.2) is 36.7 Å². The lowest BCUT2D eigenvalue weighted by Crippen LogP contribution is -2.20. The van der Waals surface area contributed by atoms with Gasteiger partial charge in [-0.1, -0.05) is 12.8 Å². The van der Waals surface area contributed by atoms with Crippen molar-refractivity contribution < 1.29 is 0 Å². The monoisotopic (exact) mass is 423 g/mol. The maximum atomic E-state index is 4.66. The van der Waals surface area contributed by atoms with Crippen molar-refractivity contribution in [3.8, 4) is 22.6 Å². The van der Waals surface area contributed by atoms with Crippen LogP contribution in [0.1, 0.15) is 31.2 Å². The number of H-pyrrole nitrogens is 2. The van der Waals surface area contributed by atoms with Gasteiger partial charge in [-0.2, -0.15) is 5.10 Å². The first-order valence-electron chi connectivity index (χ1n) is 11.3. The Balaban J connectivity index is 1.28. The highest BCUT2D eigenvalue weighted by Crippen LogP contribution is 2.30. The topological polar surface area (TPSA) is 95.2 Å². The van der Waals surface area contributed by atoms with Crippen LogP contribution in [0.2, 0.25) is 0 Å². The van der Waals surface area contributed by atoms with E-state index in [1.54, 1.807) is 6.20 Å². The van der Waals surface area contributed by atoms with Gasteiger partial charge in [0.2, 0.25) is 0 Å². The van der Waals surface area contributed by atoms with E-state index in [1.807, 2.05) is 30.9 Å². The lowest BCUT2D eigenvalue weighted by molar-refractivity contribution is 0.489. The van der Waals surface area contributed by atoms with Crippen molar-refractivity contribution in [3.05, 3.63) is 60.8 Å². The Morgan fingerprint density at radius 1 is 0.969 bits per heavy atom. The average molecular weight is 424 g/mol. The third-order valence-electron chi connectivity index (χ3n) is 6.45. The first kappa shape index (κ1) is 19.1. The number of rotatable bonds is 6. The van der Waals surface area contributed by atoms with Crippen molar-refractivity contribution in [2.45, 2.75) is 32.2 Å². The first-order valence-corrected chi connectivity index (χ1v) is 11.3. The summed E-state index contributed by atoms with van der Waals surface area (Å²) in [6.07, 6.45) is 14.8. The van der Waals surface area contributed by atoms with E-state index in [0.29, 0.717) is 0 Å². The van der Waals surface area contributed by atoms with Crippen LogP contribution in [0, 0.1) is 5.92 Å². The van der Waals surface area contributed by atoms with E-state index in [9.17, 15) is 0 Å². The predicted octanol–water partition coefficient (Wildman–Crippen LogP) is 4.84. The van der Waals surface area contributed by atoms with E-state index in [0.717, 1.165) is 63.5 Å². The number of aromatic amines is 2. The van der Waals surface area contributed by atoms with Crippen molar-refractivity contribution in [2.75, 3.05) is 6.54 Å². The average Bonchev–Trinajstić information content (AvgIpc) is 3.58. The molecule has 0 aromatic carbocycles. The summed E-state index contributed by atoms with van der Waals surface area (Å²) in [5.74, 6) is 0.829. The van der Waals surface area contributed by atoms with Gasteiger partial charge >= 0.3 is 0 Å². The van der Waals surface area contributed by atoms with Gasteiger partial charge in [-0.3, -0.25) is 20.1 Å². The van der Waals surface area contributed by atoms with Gasteiger partial charge in [-0.15, -0.1) is 0 Å². The largest absolute Gasteiger partial charge is 0.352 e. The van der Waals surface area contributed by atoms with Crippen molar-refractivity contribution >= 4 is 21.8 Å². The van der Waals surface area contributed by atoms with Gasteiger partial charge in [0.05, 0.1) is 34.8 Å². The minimum Gasteiger partial charge on any atom is -0.352 e. The molecule has 32 heavy (non-hydrogen) atoms. The fourth-order valence-corrected chi connectivity index (χ4v) is 4.74. The molecule has 0 atom stereocenters. The van der Waals surface area contributed by atoms with E-state index >= 15 is 0 Å². The van der Waals surface area contributed by atoms with Crippen LogP contribution < -0.4 is 5.32 Å². The Kier molecular flexibility index (Phi) is 4.88. The van der Waals surface area contributed by atoms with Gasteiger partial charge in [0.15, 0.2) is 0 Å². The molecule has 3 N–H and O–H groups in total. The molecule has 6 rings (SSSR count). The summed E-state index contributed by atoms with van der Waals surface area (Å²) < 4.78 is 0. The van der Waals surface area contributed by atoms with E-state index in [2.05, 4.69) is 53.6 Å². The van der Waals surface area contributed by atoms with Crippen LogP contribution in [0.5, 0.6) is 0 Å². The summed E-state index contributed by atoms with van der Waals surface area (Å²) in [6.45, 7) is 1.92. The van der Waals surface area contributed by atoms with Crippen molar-refractivity contribution in [3.63, 3.8) is 0 Å². The number of pyridine rings is 3. The second-order valence-electron chi connectivity index (χ2n) is 8.70. The summed E-state index contributed by atoms with van der Waals surface area (Å²) in [5.41, 5.74) is 6.82. The highest BCUT2D eigenvalue weighted by molar-refractivity contribution is 5.96. The van der Waals surface area contributed by atoms with E-state index in [1.165, 1.54) is 31.2 Å². The maximum Gasteiger partial charge on any atom is 0.116 e. The van der Waals surface area contributed by atoms with Crippen LogP contribution in [0.25, 0.3) is 44.5 Å². The van der Waals surface area contributed by atoms with Crippen LogP contribution in [0.15, 0.2) is 55.2 Å². The molecular formula is C25H25N7. The summed E-state index contributed by atoms with van der Waals surface area (Å²) in [5, 5.41) is 13.4. The molecule has 0 radical (unpaired) electrons. The number of nitrogens with one attached hydrogen (secondary N) is 3. The van der Waals surface area contributed by atoms with Gasteiger partial charge in [0, 0.05) is 41.5 Å². The highest BCUT2D eigenvalue weighted by atomic mass is 15.1.